The summed E-state index contributed by atoms with van der Waals surface area (Å²) in [6, 6.07) is 9.40. The second-order valence-electron chi connectivity index (χ2n) is 5.02. The van der Waals surface area contributed by atoms with Gasteiger partial charge < -0.3 is 5.32 Å². The lowest BCUT2D eigenvalue weighted by Crippen LogP contribution is -2.18. The predicted molar refractivity (Wildman–Crippen MR) is 83.7 cm³/mol. The van der Waals surface area contributed by atoms with Crippen LogP contribution < -0.4 is 5.32 Å². The van der Waals surface area contributed by atoms with E-state index in [1.165, 1.54) is 15.8 Å². The molecule has 0 spiro atoms. The first-order valence-electron chi connectivity index (χ1n) is 6.52. The second-order valence-corrected chi connectivity index (χ2v) is 6.39. The molecule has 0 saturated carbocycles. The predicted octanol–water partition coefficient (Wildman–Crippen LogP) is 4.32. The molecule has 1 N–H and O–H groups in total. The Morgan fingerprint density at radius 3 is 2.65 bits per heavy atom. The number of hydrogen-bond donors (Lipinski definition) is 1. The van der Waals surface area contributed by atoms with Crippen LogP contribution in [0.5, 0.6) is 0 Å². The van der Waals surface area contributed by atoms with Gasteiger partial charge in [-0.15, -0.1) is 11.3 Å². The van der Waals surface area contributed by atoms with E-state index in [-0.39, 0.29) is 16.7 Å². The van der Waals surface area contributed by atoms with E-state index in [1.807, 2.05) is 6.92 Å². The van der Waals surface area contributed by atoms with Crippen LogP contribution in [0.25, 0.3) is 0 Å². The number of anilines is 1. The molecule has 2 aromatic rings. The molecule has 0 bridgehead atoms. The normalized spacial score (nSPS) is 12.2. The van der Waals surface area contributed by atoms with Crippen molar-refractivity contribution in [2.24, 2.45) is 0 Å². The van der Waals surface area contributed by atoms with Gasteiger partial charge in [-0.05, 0) is 38.5 Å². The molecule has 0 fully saturated rings. The maximum atomic E-state index is 10.8. The maximum Gasteiger partial charge on any atom is 0.271 e. The zero-order valence-corrected chi connectivity index (χ0v) is 12.7. The number of benzene rings is 1. The van der Waals surface area contributed by atoms with Crippen LogP contribution in [0, 0.1) is 24.0 Å². The van der Waals surface area contributed by atoms with Gasteiger partial charge in [0.25, 0.3) is 5.69 Å². The second kappa shape index (κ2) is 6.05. The Kier molecular flexibility index (Phi) is 4.39. The van der Waals surface area contributed by atoms with Gasteiger partial charge in [-0.1, -0.05) is 6.07 Å². The highest BCUT2D eigenvalue weighted by Gasteiger charge is 2.11. The molecule has 0 aliphatic carbocycles. The SMILES string of the molecule is Cc1ccc(CC(C)Nc2cc([N+](=O)[O-])ccc2C)s1. The van der Waals surface area contributed by atoms with E-state index >= 15 is 0 Å². The smallest absolute Gasteiger partial charge is 0.271 e. The van der Waals surface area contributed by atoms with Crippen molar-refractivity contribution in [2.75, 3.05) is 5.32 Å². The number of rotatable bonds is 5. The molecular weight excluding hydrogens is 272 g/mol. The molecule has 0 aliphatic heterocycles. The van der Waals surface area contributed by atoms with E-state index in [1.54, 1.807) is 23.5 Å². The molecule has 0 radical (unpaired) electrons. The van der Waals surface area contributed by atoms with E-state index < -0.39 is 0 Å². The number of nitrogens with one attached hydrogen (secondary N) is 1. The van der Waals surface area contributed by atoms with Gasteiger partial charge in [0, 0.05) is 40.0 Å². The van der Waals surface area contributed by atoms with Gasteiger partial charge in [-0.3, -0.25) is 10.1 Å². The summed E-state index contributed by atoms with van der Waals surface area (Å²) < 4.78 is 0. The van der Waals surface area contributed by atoms with Crippen molar-refractivity contribution < 1.29 is 4.92 Å². The van der Waals surface area contributed by atoms with Crippen LogP contribution in [0.3, 0.4) is 0 Å². The molecule has 1 aromatic carbocycles. The summed E-state index contributed by atoms with van der Waals surface area (Å²) in [7, 11) is 0. The standard InChI is InChI=1S/C15H18N2O2S/c1-10-4-6-13(17(18)19)9-15(10)16-11(2)8-14-7-5-12(3)20-14/h4-7,9,11,16H,8H2,1-3H3. The van der Waals surface area contributed by atoms with Gasteiger partial charge >= 0.3 is 0 Å². The first-order valence-corrected chi connectivity index (χ1v) is 7.34. The van der Waals surface area contributed by atoms with Crippen LogP contribution in [0.15, 0.2) is 30.3 Å². The Morgan fingerprint density at radius 2 is 2.05 bits per heavy atom. The van der Waals surface area contributed by atoms with Crippen molar-refractivity contribution in [1.29, 1.82) is 0 Å². The van der Waals surface area contributed by atoms with Crippen LogP contribution in [0.1, 0.15) is 22.2 Å². The first kappa shape index (κ1) is 14.5. The number of nitro benzene ring substituents is 1. The number of aryl methyl sites for hydroxylation is 2. The summed E-state index contributed by atoms with van der Waals surface area (Å²) in [6.45, 7) is 6.14. The van der Waals surface area contributed by atoms with Gasteiger partial charge in [-0.25, -0.2) is 0 Å². The lowest BCUT2D eigenvalue weighted by atomic mass is 10.1. The average molecular weight is 290 g/mol. The van der Waals surface area contributed by atoms with E-state index in [2.05, 4.69) is 31.3 Å². The third-order valence-electron chi connectivity index (χ3n) is 3.14. The zero-order chi connectivity index (χ0) is 14.7. The van der Waals surface area contributed by atoms with Gasteiger partial charge in [-0.2, -0.15) is 0 Å². The molecule has 0 aliphatic rings. The van der Waals surface area contributed by atoms with Gasteiger partial charge in [0.05, 0.1) is 4.92 Å². The van der Waals surface area contributed by atoms with Gasteiger partial charge in [0.2, 0.25) is 0 Å². The highest BCUT2D eigenvalue weighted by molar-refractivity contribution is 7.11. The summed E-state index contributed by atoms with van der Waals surface area (Å²) in [5.74, 6) is 0. The molecule has 1 aromatic heterocycles. The Bertz CT molecular complexity index is 622. The number of hydrogen-bond acceptors (Lipinski definition) is 4. The minimum Gasteiger partial charge on any atom is -0.382 e. The highest BCUT2D eigenvalue weighted by Crippen LogP contribution is 2.24. The Hall–Kier alpha value is -1.88. The fourth-order valence-corrected chi connectivity index (χ4v) is 3.11. The Balaban J connectivity index is 2.08. The number of nitro groups is 1. The van der Waals surface area contributed by atoms with Crippen LogP contribution in [-0.4, -0.2) is 11.0 Å². The third-order valence-corrected chi connectivity index (χ3v) is 4.16. The largest absolute Gasteiger partial charge is 0.382 e. The van der Waals surface area contributed by atoms with Crippen molar-refractivity contribution in [2.45, 2.75) is 33.2 Å². The number of thiophene rings is 1. The van der Waals surface area contributed by atoms with Crippen LogP contribution >= 0.6 is 11.3 Å². The molecule has 0 amide bonds. The maximum absolute atomic E-state index is 10.8. The van der Waals surface area contributed by atoms with Gasteiger partial charge in [0.1, 0.15) is 0 Å². The summed E-state index contributed by atoms with van der Waals surface area (Å²) in [4.78, 5) is 13.1. The van der Waals surface area contributed by atoms with Crippen molar-refractivity contribution in [1.82, 2.24) is 0 Å². The van der Waals surface area contributed by atoms with E-state index in [4.69, 9.17) is 0 Å². The van der Waals surface area contributed by atoms with Gasteiger partial charge in [0.15, 0.2) is 0 Å². The molecule has 1 atom stereocenters. The zero-order valence-electron chi connectivity index (χ0n) is 11.8. The Labute approximate surface area is 122 Å². The quantitative estimate of drug-likeness (QED) is 0.659. The number of non-ortho nitro benzene ring substituents is 1. The fraction of sp³-hybridized carbons (Fsp3) is 0.333. The molecule has 2 rings (SSSR count). The fourth-order valence-electron chi connectivity index (χ4n) is 2.09. The third kappa shape index (κ3) is 3.57. The van der Waals surface area contributed by atoms with Crippen LogP contribution in [0.4, 0.5) is 11.4 Å². The minimum absolute atomic E-state index is 0.122. The summed E-state index contributed by atoms with van der Waals surface area (Å²) in [5.41, 5.74) is 1.97. The molecule has 20 heavy (non-hydrogen) atoms. The molecule has 1 unspecified atom stereocenters. The molecule has 0 saturated heterocycles. The van der Waals surface area contributed by atoms with Crippen LogP contribution in [0.2, 0.25) is 0 Å². The monoisotopic (exact) mass is 290 g/mol. The summed E-state index contributed by atoms with van der Waals surface area (Å²) in [5, 5.41) is 14.2. The lowest BCUT2D eigenvalue weighted by molar-refractivity contribution is -0.384. The lowest BCUT2D eigenvalue weighted by Gasteiger charge is -2.16. The van der Waals surface area contributed by atoms with Crippen LogP contribution in [-0.2, 0) is 6.42 Å². The highest BCUT2D eigenvalue weighted by atomic mass is 32.1. The number of nitrogens with zero attached hydrogens (tertiary/aromatic N) is 1. The molecule has 106 valence electrons. The molecule has 4 nitrogen and oxygen atoms in total. The molecule has 5 heteroatoms. The molecular formula is C15H18N2O2S. The van der Waals surface area contributed by atoms with E-state index in [9.17, 15) is 10.1 Å². The topological polar surface area (TPSA) is 55.2 Å². The van der Waals surface area contributed by atoms with Crippen molar-refractivity contribution in [3.63, 3.8) is 0 Å². The first-order chi connectivity index (χ1) is 9.45. The molecule has 1 heterocycles. The summed E-state index contributed by atoms with van der Waals surface area (Å²) >= 11 is 1.79. The van der Waals surface area contributed by atoms with Crippen molar-refractivity contribution >= 4 is 22.7 Å². The van der Waals surface area contributed by atoms with Crippen molar-refractivity contribution in [3.8, 4) is 0 Å². The summed E-state index contributed by atoms with van der Waals surface area (Å²) in [6.07, 6.45) is 0.917. The van der Waals surface area contributed by atoms with Crippen molar-refractivity contribution in [3.05, 3.63) is 55.8 Å². The average Bonchev–Trinajstić information content (AvgIpc) is 2.77. The van der Waals surface area contributed by atoms with E-state index in [0.29, 0.717) is 0 Å². The Morgan fingerprint density at radius 1 is 1.30 bits per heavy atom. The minimum atomic E-state index is -0.363. The van der Waals surface area contributed by atoms with E-state index in [0.717, 1.165) is 17.7 Å².